The zero-order valence-corrected chi connectivity index (χ0v) is 14.0. The van der Waals surface area contributed by atoms with Gasteiger partial charge in [0, 0.05) is 13.1 Å². The molecule has 0 spiro atoms. The molecule has 0 unspecified atom stereocenters. The third-order valence-corrected chi connectivity index (χ3v) is 4.37. The molecule has 1 fully saturated rings. The van der Waals surface area contributed by atoms with E-state index in [0.29, 0.717) is 19.6 Å². The first kappa shape index (κ1) is 17.6. The highest BCUT2D eigenvalue weighted by Gasteiger charge is 2.34. The van der Waals surface area contributed by atoms with E-state index in [-0.39, 0.29) is 5.92 Å². The average Bonchev–Trinajstić information content (AvgIpc) is 2.84. The van der Waals surface area contributed by atoms with E-state index in [1.807, 2.05) is 18.2 Å². The minimum absolute atomic E-state index is 0.282. The SMILES string of the molecule is COc1ccc(CNC[C@H]2CCN(CC(F)(F)F)C2)cc1Br. The number of ether oxygens (including phenoxy) is 1. The Morgan fingerprint density at radius 1 is 1.41 bits per heavy atom. The topological polar surface area (TPSA) is 24.5 Å². The summed E-state index contributed by atoms with van der Waals surface area (Å²) in [7, 11) is 1.62. The molecule has 0 bridgehead atoms. The summed E-state index contributed by atoms with van der Waals surface area (Å²) in [6, 6.07) is 5.85. The Bertz CT molecular complexity index is 496. The Kier molecular flexibility index (Phi) is 6.11. The van der Waals surface area contributed by atoms with Crippen molar-refractivity contribution in [3.05, 3.63) is 28.2 Å². The Morgan fingerprint density at radius 2 is 2.18 bits per heavy atom. The summed E-state index contributed by atoms with van der Waals surface area (Å²) >= 11 is 3.44. The fourth-order valence-electron chi connectivity index (χ4n) is 2.72. The molecule has 0 aliphatic carbocycles. The lowest BCUT2D eigenvalue weighted by Gasteiger charge is -2.18. The van der Waals surface area contributed by atoms with E-state index >= 15 is 0 Å². The van der Waals surface area contributed by atoms with Crippen molar-refractivity contribution in [3.63, 3.8) is 0 Å². The van der Waals surface area contributed by atoms with E-state index in [4.69, 9.17) is 4.74 Å². The number of benzene rings is 1. The summed E-state index contributed by atoms with van der Waals surface area (Å²) in [5, 5.41) is 3.32. The van der Waals surface area contributed by atoms with Crippen molar-refractivity contribution >= 4 is 15.9 Å². The molecule has 0 radical (unpaired) electrons. The highest BCUT2D eigenvalue weighted by molar-refractivity contribution is 9.10. The molecule has 3 nitrogen and oxygen atoms in total. The van der Waals surface area contributed by atoms with Gasteiger partial charge in [-0.3, -0.25) is 4.90 Å². The number of alkyl halides is 3. The molecular weight excluding hydrogens is 361 g/mol. The maximum Gasteiger partial charge on any atom is 0.401 e. The highest BCUT2D eigenvalue weighted by atomic mass is 79.9. The molecule has 1 aromatic carbocycles. The van der Waals surface area contributed by atoms with Crippen molar-refractivity contribution in [2.24, 2.45) is 5.92 Å². The molecule has 1 aromatic rings. The number of hydrogen-bond donors (Lipinski definition) is 1. The maximum absolute atomic E-state index is 12.3. The van der Waals surface area contributed by atoms with Crippen molar-refractivity contribution in [2.75, 3.05) is 33.3 Å². The summed E-state index contributed by atoms with van der Waals surface area (Å²) in [5.41, 5.74) is 1.11. The van der Waals surface area contributed by atoms with Crippen LogP contribution in [0, 0.1) is 5.92 Å². The van der Waals surface area contributed by atoms with Gasteiger partial charge in [0.1, 0.15) is 5.75 Å². The fraction of sp³-hybridized carbons (Fsp3) is 0.600. The maximum atomic E-state index is 12.3. The van der Waals surface area contributed by atoms with E-state index in [1.54, 1.807) is 7.11 Å². The average molecular weight is 381 g/mol. The van der Waals surface area contributed by atoms with E-state index in [0.717, 1.165) is 28.8 Å². The van der Waals surface area contributed by atoms with Crippen molar-refractivity contribution in [3.8, 4) is 5.75 Å². The fourth-order valence-corrected chi connectivity index (χ4v) is 3.31. The van der Waals surface area contributed by atoms with Gasteiger partial charge in [-0.2, -0.15) is 13.2 Å². The minimum Gasteiger partial charge on any atom is -0.496 e. The molecule has 7 heteroatoms. The lowest BCUT2D eigenvalue weighted by atomic mass is 10.1. The second kappa shape index (κ2) is 7.66. The van der Waals surface area contributed by atoms with Gasteiger partial charge >= 0.3 is 6.18 Å². The Morgan fingerprint density at radius 3 is 2.82 bits per heavy atom. The van der Waals surface area contributed by atoms with Gasteiger partial charge in [0.15, 0.2) is 0 Å². The summed E-state index contributed by atoms with van der Waals surface area (Å²) in [6.07, 6.45) is -3.28. The summed E-state index contributed by atoms with van der Waals surface area (Å²) in [5.74, 6) is 1.06. The molecule has 1 aliphatic rings. The minimum atomic E-state index is -4.10. The van der Waals surface area contributed by atoms with Gasteiger partial charge < -0.3 is 10.1 Å². The molecule has 0 aromatic heterocycles. The van der Waals surface area contributed by atoms with Crippen LogP contribution in [-0.2, 0) is 6.54 Å². The highest BCUT2D eigenvalue weighted by Crippen LogP contribution is 2.26. The monoisotopic (exact) mass is 380 g/mol. The van der Waals surface area contributed by atoms with Crippen molar-refractivity contribution < 1.29 is 17.9 Å². The number of nitrogens with one attached hydrogen (secondary N) is 1. The molecule has 22 heavy (non-hydrogen) atoms. The summed E-state index contributed by atoms with van der Waals surface area (Å²) in [6.45, 7) is 1.67. The van der Waals surface area contributed by atoms with Crippen LogP contribution in [0.3, 0.4) is 0 Å². The number of nitrogens with zero attached hydrogens (tertiary/aromatic N) is 1. The van der Waals surface area contributed by atoms with Crippen molar-refractivity contribution in [1.82, 2.24) is 10.2 Å². The van der Waals surface area contributed by atoms with Crippen molar-refractivity contribution in [1.29, 1.82) is 0 Å². The number of rotatable bonds is 6. The lowest BCUT2D eigenvalue weighted by molar-refractivity contribution is -0.143. The van der Waals surface area contributed by atoms with Gasteiger partial charge in [0.05, 0.1) is 18.1 Å². The number of hydrogen-bond acceptors (Lipinski definition) is 3. The number of halogens is 4. The molecule has 0 amide bonds. The summed E-state index contributed by atoms with van der Waals surface area (Å²) in [4.78, 5) is 1.48. The van der Waals surface area contributed by atoms with E-state index in [9.17, 15) is 13.2 Å². The molecule has 1 heterocycles. The Balaban J connectivity index is 1.72. The number of methoxy groups -OCH3 is 1. The predicted octanol–water partition coefficient (Wildman–Crippen LogP) is 3.43. The number of likely N-dealkylation sites (tertiary alicyclic amines) is 1. The first-order valence-electron chi connectivity index (χ1n) is 7.19. The second-order valence-corrected chi connectivity index (χ2v) is 6.46. The van der Waals surface area contributed by atoms with Crippen LogP contribution in [0.25, 0.3) is 0 Å². The van der Waals surface area contributed by atoms with Crippen LogP contribution in [0.2, 0.25) is 0 Å². The molecule has 0 saturated carbocycles. The normalized spacial score (nSPS) is 19.6. The molecular formula is C15H20BrF3N2O. The van der Waals surface area contributed by atoms with E-state index in [1.165, 1.54) is 4.90 Å². The van der Waals surface area contributed by atoms with Crippen LogP contribution < -0.4 is 10.1 Å². The zero-order chi connectivity index (χ0) is 16.2. The van der Waals surface area contributed by atoms with Crippen LogP contribution in [0.1, 0.15) is 12.0 Å². The van der Waals surface area contributed by atoms with Crippen LogP contribution in [0.5, 0.6) is 5.75 Å². The smallest absolute Gasteiger partial charge is 0.401 e. The largest absolute Gasteiger partial charge is 0.496 e. The molecule has 1 N–H and O–H groups in total. The molecule has 1 saturated heterocycles. The van der Waals surface area contributed by atoms with Gasteiger partial charge in [-0.1, -0.05) is 6.07 Å². The van der Waals surface area contributed by atoms with Gasteiger partial charge in [0.25, 0.3) is 0 Å². The molecule has 1 atom stereocenters. The second-order valence-electron chi connectivity index (χ2n) is 5.60. The van der Waals surface area contributed by atoms with Crippen molar-refractivity contribution in [2.45, 2.75) is 19.1 Å². The Labute approximate surface area is 136 Å². The van der Waals surface area contributed by atoms with Crippen LogP contribution in [-0.4, -0.2) is 44.4 Å². The zero-order valence-electron chi connectivity index (χ0n) is 12.4. The first-order valence-corrected chi connectivity index (χ1v) is 7.99. The quantitative estimate of drug-likeness (QED) is 0.817. The summed E-state index contributed by atoms with van der Waals surface area (Å²) < 4.78 is 43.1. The van der Waals surface area contributed by atoms with E-state index in [2.05, 4.69) is 21.2 Å². The Hall–Kier alpha value is -0.790. The molecule has 2 rings (SSSR count). The standard InChI is InChI=1S/C15H20BrF3N2O/c1-22-14-3-2-11(6-13(14)16)7-20-8-12-4-5-21(9-12)10-15(17,18)19/h2-3,6,12,20H,4-5,7-10H2,1H3/t12-/m1/s1. The van der Waals surface area contributed by atoms with Gasteiger partial charge in [0.2, 0.25) is 0 Å². The van der Waals surface area contributed by atoms with Gasteiger partial charge in [-0.15, -0.1) is 0 Å². The lowest BCUT2D eigenvalue weighted by Crippen LogP contribution is -2.33. The molecule has 124 valence electrons. The first-order chi connectivity index (χ1) is 10.4. The van der Waals surface area contributed by atoms with Crippen LogP contribution in [0.4, 0.5) is 13.2 Å². The van der Waals surface area contributed by atoms with Gasteiger partial charge in [-0.05, 0) is 59.1 Å². The van der Waals surface area contributed by atoms with Gasteiger partial charge in [-0.25, -0.2) is 0 Å². The van der Waals surface area contributed by atoms with E-state index < -0.39 is 12.7 Å². The third-order valence-electron chi connectivity index (χ3n) is 3.75. The predicted molar refractivity (Wildman–Crippen MR) is 83.0 cm³/mol. The van der Waals surface area contributed by atoms with Crippen LogP contribution in [0.15, 0.2) is 22.7 Å². The third kappa shape index (κ3) is 5.44. The van der Waals surface area contributed by atoms with Crippen LogP contribution >= 0.6 is 15.9 Å². The molecule has 1 aliphatic heterocycles.